The number of ether oxygens (including phenoxy) is 2. The lowest BCUT2D eigenvalue weighted by molar-refractivity contribution is -0.150. The number of hydrogen-bond acceptors (Lipinski definition) is 5. The van der Waals surface area contributed by atoms with Gasteiger partial charge in [0, 0.05) is 12.7 Å². The number of amides is 1. The minimum Gasteiger partial charge on any atom is -0.459 e. The fraction of sp³-hybridized carbons (Fsp3) is 0.435. The number of nitrogens with zero attached hydrogens (tertiary/aromatic N) is 2. The van der Waals surface area contributed by atoms with Crippen molar-refractivity contribution in [2.75, 3.05) is 6.54 Å². The number of carbonyl (C=O) groups is 2. The standard InChI is InChI=1S/C23H27FN2O4/c1-23(2,3)30-22(28)26-14-18(11-17-9-10-25-20(24)13-17)12-19(26)21(27)29-15-16-7-5-4-6-8-16/h4-10,13,18-19H,11-12,14-15H2,1-3H3/t18-,19+/m0/s1. The first-order valence-electron chi connectivity index (χ1n) is 10.0. The van der Waals surface area contributed by atoms with Crippen LogP contribution in [0.25, 0.3) is 0 Å². The van der Waals surface area contributed by atoms with Crippen molar-refractivity contribution < 1.29 is 23.5 Å². The Labute approximate surface area is 176 Å². The Morgan fingerprint density at radius 1 is 1.17 bits per heavy atom. The topological polar surface area (TPSA) is 68.7 Å². The van der Waals surface area contributed by atoms with Crippen LogP contribution in [0.4, 0.5) is 9.18 Å². The molecule has 1 saturated heterocycles. The minimum atomic E-state index is -0.736. The molecule has 1 aromatic heterocycles. The number of pyridine rings is 1. The second-order valence-corrected chi connectivity index (χ2v) is 8.53. The van der Waals surface area contributed by atoms with Gasteiger partial charge in [-0.15, -0.1) is 0 Å². The van der Waals surface area contributed by atoms with Crippen LogP contribution in [-0.4, -0.2) is 40.1 Å². The van der Waals surface area contributed by atoms with Crippen LogP contribution >= 0.6 is 0 Å². The zero-order chi connectivity index (χ0) is 21.7. The highest BCUT2D eigenvalue weighted by molar-refractivity contribution is 5.82. The van der Waals surface area contributed by atoms with Crippen LogP contribution < -0.4 is 0 Å². The zero-order valence-electron chi connectivity index (χ0n) is 17.5. The van der Waals surface area contributed by atoms with E-state index in [1.54, 1.807) is 26.8 Å². The first kappa shape index (κ1) is 21.7. The van der Waals surface area contributed by atoms with Gasteiger partial charge in [-0.05, 0) is 62.8 Å². The summed E-state index contributed by atoms with van der Waals surface area (Å²) in [4.78, 5) is 30.5. The highest BCUT2D eigenvalue weighted by Gasteiger charge is 2.42. The van der Waals surface area contributed by atoms with Gasteiger partial charge >= 0.3 is 12.1 Å². The molecule has 0 bridgehead atoms. The maximum atomic E-state index is 13.4. The molecular formula is C23H27FN2O4. The number of rotatable bonds is 5. The third-order valence-electron chi connectivity index (χ3n) is 4.83. The van der Waals surface area contributed by atoms with E-state index in [4.69, 9.17) is 9.47 Å². The van der Waals surface area contributed by atoms with Crippen molar-refractivity contribution in [3.8, 4) is 0 Å². The molecule has 0 spiro atoms. The van der Waals surface area contributed by atoms with E-state index in [9.17, 15) is 14.0 Å². The quantitative estimate of drug-likeness (QED) is 0.544. The van der Waals surface area contributed by atoms with E-state index in [1.165, 1.54) is 17.2 Å². The molecule has 6 nitrogen and oxygen atoms in total. The van der Waals surface area contributed by atoms with Gasteiger partial charge in [-0.25, -0.2) is 14.6 Å². The molecule has 3 rings (SSSR count). The van der Waals surface area contributed by atoms with Gasteiger partial charge in [0.2, 0.25) is 5.95 Å². The van der Waals surface area contributed by atoms with Gasteiger partial charge in [-0.2, -0.15) is 4.39 Å². The van der Waals surface area contributed by atoms with Gasteiger partial charge in [0.1, 0.15) is 18.2 Å². The first-order valence-corrected chi connectivity index (χ1v) is 10.0. The average molecular weight is 414 g/mol. The van der Waals surface area contributed by atoms with E-state index in [0.29, 0.717) is 19.4 Å². The molecule has 2 aromatic rings. The summed E-state index contributed by atoms with van der Waals surface area (Å²) < 4.78 is 24.4. The van der Waals surface area contributed by atoms with Crippen molar-refractivity contribution in [3.63, 3.8) is 0 Å². The molecule has 7 heteroatoms. The highest BCUT2D eigenvalue weighted by Crippen LogP contribution is 2.29. The number of hydrogen-bond donors (Lipinski definition) is 0. The third-order valence-corrected chi connectivity index (χ3v) is 4.83. The Kier molecular flexibility index (Phi) is 6.70. The molecule has 1 fully saturated rings. The summed E-state index contributed by atoms with van der Waals surface area (Å²) in [6.45, 7) is 5.81. The van der Waals surface area contributed by atoms with E-state index in [0.717, 1.165) is 11.1 Å². The van der Waals surface area contributed by atoms with Crippen LogP contribution in [0.1, 0.15) is 38.3 Å². The Morgan fingerprint density at radius 3 is 2.57 bits per heavy atom. The summed E-state index contributed by atoms with van der Waals surface area (Å²) in [5, 5.41) is 0. The Balaban J connectivity index is 1.71. The van der Waals surface area contributed by atoms with Crippen LogP contribution in [0.5, 0.6) is 0 Å². The largest absolute Gasteiger partial charge is 0.459 e. The van der Waals surface area contributed by atoms with Gasteiger partial charge in [0.25, 0.3) is 0 Å². The lowest BCUT2D eigenvalue weighted by Crippen LogP contribution is -2.44. The molecule has 1 aliphatic rings. The van der Waals surface area contributed by atoms with Crippen molar-refractivity contribution in [3.05, 3.63) is 65.7 Å². The molecule has 0 N–H and O–H groups in total. The average Bonchev–Trinajstić information content (AvgIpc) is 3.10. The Bertz CT molecular complexity index is 882. The van der Waals surface area contributed by atoms with Crippen LogP contribution in [0.2, 0.25) is 0 Å². The molecule has 30 heavy (non-hydrogen) atoms. The summed E-state index contributed by atoms with van der Waals surface area (Å²) >= 11 is 0. The fourth-order valence-electron chi connectivity index (χ4n) is 3.54. The number of esters is 1. The fourth-order valence-corrected chi connectivity index (χ4v) is 3.54. The molecule has 0 aliphatic carbocycles. The van der Waals surface area contributed by atoms with Crippen molar-refractivity contribution in [2.45, 2.75) is 51.9 Å². The molecule has 0 unspecified atom stereocenters. The van der Waals surface area contributed by atoms with E-state index in [-0.39, 0.29) is 12.5 Å². The maximum Gasteiger partial charge on any atom is 0.411 e. The van der Waals surface area contributed by atoms with E-state index in [2.05, 4.69) is 4.98 Å². The number of halogens is 1. The van der Waals surface area contributed by atoms with Gasteiger partial charge < -0.3 is 9.47 Å². The molecule has 1 amide bonds. The number of likely N-dealkylation sites (tertiary alicyclic amines) is 1. The molecule has 0 radical (unpaired) electrons. The lowest BCUT2D eigenvalue weighted by Gasteiger charge is -2.27. The summed E-state index contributed by atoms with van der Waals surface area (Å²) in [5.74, 6) is -1.03. The van der Waals surface area contributed by atoms with E-state index < -0.39 is 29.7 Å². The smallest absolute Gasteiger partial charge is 0.411 e. The first-order chi connectivity index (χ1) is 14.2. The zero-order valence-corrected chi connectivity index (χ0v) is 17.5. The van der Waals surface area contributed by atoms with Crippen LogP contribution in [0.15, 0.2) is 48.7 Å². The molecule has 160 valence electrons. The molecule has 1 aromatic carbocycles. The van der Waals surface area contributed by atoms with Crippen LogP contribution in [0.3, 0.4) is 0 Å². The second-order valence-electron chi connectivity index (χ2n) is 8.53. The molecule has 2 heterocycles. The summed E-state index contributed by atoms with van der Waals surface area (Å²) in [6, 6.07) is 11.7. The molecule has 2 atom stereocenters. The lowest BCUT2D eigenvalue weighted by atomic mass is 9.97. The monoisotopic (exact) mass is 414 g/mol. The van der Waals surface area contributed by atoms with Gasteiger partial charge in [0.15, 0.2) is 0 Å². The number of aromatic nitrogens is 1. The Hall–Kier alpha value is -2.96. The normalized spacial score (nSPS) is 18.9. The maximum absolute atomic E-state index is 13.4. The van der Waals surface area contributed by atoms with Crippen molar-refractivity contribution >= 4 is 12.1 Å². The number of benzene rings is 1. The predicted molar refractivity (Wildman–Crippen MR) is 109 cm³/mol. The van der Waals surface area contributed by atoms with Crippen LogP contribution in [-0.2, 0) is 27.3 Å². The van der Waals surface area contributed by atoms with Crippen molar-refractivity contribution in [2.24, 2.45) is 5.92 Å². The van der Waals surface area contributed by atoms with Crippen molar-refractivity contribution in [1.82, 2.24) is 9.88 Å². The van der Waals surface area contributed by atoms with Crippen molar-refractivity contribution in [1.29, 1.82) is 0 Å². The second kappa shape index (κ2) is 9.24. The predicted octanol–water partition coefficient (Wildman–Crippen LogP) is 4.13. The third kappa shape index (κ3) is 6.02. The van der Waals surface area contributed by atoms with Gasteiger partial charge in [-0.3, -0.25) is 4.90 Å². The molecule has 0 saturated carbocycles. The van der Waals surface area contributed by atoms with Crippen LogP contribution in [0, 0.1) is 11.9 Å². The van der Waals surface area contributed by atoms with E-state index >= 15 is 0 Å². The SMILES string of the molecule is CC(C)(C)OC(=O)N1C[C@@H](Cc2ccnc(F)c2)C[C@@H]1C(=O)OCc1ccccc1. The summed E-state index contributed by atoms with van der Waals surface area (Å²) in [7, 11) is 0. The Morgan fingerprint density at radius 2 is 1.90 bits per heavy atom. The van der Waals surface area contributed by atoms with E-state index in [1.807, 2.05) is 30.3 Å². The highest BCUT2D eigenvalue weighted by atomic mass is 19.1. The minimum absolute atomic E-state index is 0.0198. The molecule has 1 aliphatic heterocycles. The van der Waals surface area contributed by atoms with Gasteiger partial charge in [-0.1, -0.05) is 30.3 Å². The summed E-state index contributed by atoms with van der Waals surface area (Å²) in [6.07, 6.45) is 1.82. The molecular weight excluding hydrogens is 387 g/mol. The summed E-state index contributed by atoms with van der Waals surface area (Å²) in [5.41, 5.74) is 0.966. The number of carbonyl (C=O) groups excluding carboxylic acids is 2. The van der Waals surface area contributed by atoms with Gasteiger partial charge in [0.05, 0.1) is 0 Å².